The van der Waals surface area contributed by atoms with Crippen molar-refractivity contribution in [1.29, 1.82) is 0 Å². The summed E-state index contributed by atoms with van der Waals surface area (Å²) in [6.45, 7) is 14.0. The van der Waals surface area contributed by atoms with Gasteiger partial charge in [0.1, 0.15) is 0 Å². The van der Waals surface area contributed by atoms with Gasteiger partial charge in [0.25, 0.3) is 0 Å². The molecule has 0 heterocycles. The highest BCUT2D eigenvalue weighted by Crippen LogP contribution is 2.20. The molecule has 0 aromatic heterocycles. The zero-order valence-corrected chi connectivity index (χ0v) is 13.9. The lowest BCUT2D eigenvalue weighted by molar-refractivity contribution is 0.943. The second kappa shape index (κ2) is 13.2. The molecule has 0 nitrogen and oxygen atoms in total. The molecule has 0 rings (SSSR count). The summed E-state index contributed by atoms with van der Waals surface area (Å²) in [7, 11) is 0. The average molecular weight is 282 g/mol. The topological polar surface area (TPSA) is 0 Å². The predicted octanol–water partition coefficient (Wildman–Crippen LogP) is 6.87. The van der Waals surface area contributed by atoms with E-state index in [4.69, 9.17) is 0 Å². The van der Waals surface area contributed by atoms with Gasteiger partial charge in [-0.2, -0.15) is 0 Å². The summed E-state index contributed by atoms with van der Waals surface area (Å²) < 4.78 is 0. The van der Waals surface area contributed by atoms with Crippen LogP contribution in [0.1, 0.15) is 46.5 Å². The number of allylic oxidation sites excluding steroid dienone is 12. The molecule has 0 aromatic carbocycles. The van der Waals surface area contributed by atoms with Crippen LogP contribution in [0.15, 0.2) is 84.6 Å². The molecule has 0 bridgehead atoms. The summed E-state index contributed by atoms with van der Waals surface area (Å²) in [6, 6.07) is 0. The van der Waals surface area contributed by atoms with Gasteiger partial charge in [0.05, 0.1) is 0 Å². The molecule has 0 unspecified atom stereocenters. The highest BCUT2D eigenvalue weighted by molar-refractivity contribution is 5.30. The highest BCUT2D eigenvalue weighted by Gasteiger charge is 2.00. The molecule has 0 aliphatic carbocycles. The molecule has 0 radical (unpaired) electrons. The van der Waals surface area contributed by atoms with Crippen molar-refractivity contribution in [2.45, 2.75) is 46.5 Å². The lowest BCUT2D eigenvalue weighted by Crippen LogP contribution is -1.89. The van der Waals surface area contributed by atoms with Crippen molar-refractivity contribution in [2.75, 3.05) is 0 Å². The normalized spacial score (nSPS) is 14.1. The maximum absolute atomic E-state index is 3.77. The van der Waals surface area contributed by atoms with E-state index in [9.17, 15) is 0 Å². The lowest BCUT2D eigenvalue weighted by Gasteiger charge is -2.09. The molecule has 0 aromatic rings. The lowest BCUT2D eigenvalue weighted by atomic mass is 9.97. The van der Waals surface area contributed by atoms with Gasteiger partial charge < -0.3 is 0 Å². The first-order valence-corrected chi connectivity index (χ1v) is 7.73. The van der Waals surface area contributed by atoms with Crippen LogP contribution in [0.25, 0.3) is 0 Å². The highest BCUT2D eigenvalue weighted by atomic mass is 14.1. The van der Waals surface area contributed by atoms with Crippen LogP contribution in [0.5, 0.6) is 0 Å². The van der Waals surface area contributed by atoms with Crippen molar-refractivity contribution in [3.8, 4) is 0 Å². The van der Waals surface area contributed by atoms with Crippen molar-refractivity contribution in [2.24, 2.45) is 0 Å². The third-order valence-electron chi connectivity index (χ3n) is 3.15. The van der Waals surface area contributed by atoms with Gasteiger partial charge in [-0.05, 0) is 45.1 Å². The fourth-order valence-electron chi connectivity index (χ4n) is 1.95. The molecule has 0 amide bonds. The van der Waals surface area contributed by atoms with Crippen molar-refractivity contribution < 1.29 is 0 Å². The van der Waals surface area contributed by atoms with E-state index in [1.807, 2.05) is 18.2 Å². The van der Waals surface area contributed by atoms with Gasteiger partial charge in [-0.1, -0.05) is 85.9 Å². The Morgan fingerprint density at radius 1 is 0.952 bits per heavy atom. The monoisotopic (exact) mass is 282 g/mol. The first-order valence-electron chi connectivity index (χ1n) is 7.73. The third-order valence-corrected chi connectivity index (χ3v) is 3.15. The first-order chi connectivity index (χ1) is 10.2. The van der Waals surface area contributed by atoms with Crippen molar-refractivity contribution >= 4 is 0 Å². The van der Waals surface area contributed by atoms with E-state index in [-0.39, 0.29) is 0 Å². The maximum atomic E-state index is 3.77. The first kappa shape index (κ1) is 19.2. The smallest absolute Gasteiger partial charge is 0.00674 e. The standard InChI is InChI=1S/C21H30/c1-6-9-11-12-13-14-16-20(5)21(17-10-7-2)18-19(4)15-8-3/h6,8-13,15,17H,1,3,7,14,16,18H2,2,4-5H3/b11-9-,13-12?,17-10-,19-15-,21-20-. The van der Waals surface area contributed by atoms with Crippen LogP contribution < -0.4 is 0 Å². The zero-order chi connectivity index (χ0) is 15.9. The van der Waals surface area contributed by atoms with E-state index in [0.29, 0.717) is 0 Å². The van der Waals surface area contributed by atoms with Crippen LogP contribution in [-0.2, 0) is 0 Å². The minimum atomic E-state index is 1.01. The van der Waals surface area contributed by atoms with E-state index in [1.165, 1.54) is 16.7 Å². The Kier molecular flexibility index (Phi) is 12.0. The molecule has 114 valence electrons. The van der Waals surface area contributed by atoms with Crippen LogP contribution in [-0.4, -0.2) is 0 Å². The van der Waals surface area contributed by atoms with Crippen LogP contribution >= 0.6 is 0 Å². The molecule has 0 heteroatoms. The van der Waals surface area contributed by atoms with Crippen molar-refractivity contribution in [3.05, 3.63) is 84.6 Å². The van der Waals surface area contributed by atoms with E-state index >= 15 is 0 Å². The van der Waals surface area contributed by atoms with E-state index < -0.39 is 0 Å². The second-order valence-corrected chi connectivity index (χ2v) is 5.13. The largest absolute Gasteiger partial charge is 0.0991 e. The molecular weight excluding hydrogens is 252 g/mol. The summed E-state index contributed by atoms with van der Waals surface area (Å²) >= 11 is 0. The molecule has 0 atom stereocenters. The predicted molar refractivity (Wildman–Crippen MR) is 98.4 cm³/mol. The van der Waals surface area contributed by atoms with Crippen LogP contribution in [0, 0.1) is 0 Å². The molecule has 0 aliphatic rings. The third kappa shape index (κ3) is 10.6. The molecule has 0 fully saturated rings. The Balaban J connectivity index is 4.75. The SMILES string of the molecule is C=C/C=C\C=CCC/C(C)=C(/C=C\CC)C/C(C)=C\C=C. The Hall–Kier alpha value is -1.82. The van der Waals surface area contributed by atoms with Gasteiger partial charge >= 0.3 is 0 Å². The Labute approximate surface area is 131 Å². The average Bonchev–Trinajstić information content (AvgIpc) is 2.47. The number of hydrogen-bond acceptors (Lipinski definition) is 0. The summed E-state index contributed by atoms with van der Waals surface area (Å²) in [4.78, 5) is 0. The van der Waals surface area contributed by atoms with Gasteiger partial charge in [-0.15, -0.1) is 0 Å². The minimum absolute atomic E-state index is 1.01. The summed E-state index contributed by atoms with van der Waals surface area (Å²) in [5.74, 6) is 0. The maximum Gasteiger partial charge on any atom is -0.00674 e. The fourth-order valence-corrected chi connectivity index (χ4v) is 1.95. The van der Waals surface area contributed by atoms with Crippen molar-refractivity contribution in [1.82, 2.24) is 0 Å². The van der Waals surface area contributed by atoms with E-state index in [1.54, 1.807) is 6.08 Å². The van der Waals surface area contributed by atoms with Crippen LogP contribution in [0.2, 0.25) is 0 Å². The van der Waals surface area contributed by atoms with E-state index in [2.05, 4.69) is 64.3 Å². The van der Waals surface area contributed by atoms with Gasteiger partial charge in [-0.3, -0.25) is 0 Å². The minimum Gasteiger partial charge on any atom is -0.0991 e. The van der Waals surface area contributed by atoms with Crippen molar-refractivity contribution in [3.63, 3.8) is 0 Å². The molecule has 21 heavy (non-hydrogen) atoms. The Morgan fingerprint density at radius 2 is 1.71 bits per heavy atom. The summed E-state index contributed by atoms with van der Waals surface area (Å²) in [6.07, 6.45) is 22.8. The molecule has 0 spiro atoms. The summed E-state index contributed by atoms with van der Waals surface area (Å²) in [5, 5.41) is 0. The van der Waals surface area contributed by atoms with E-state index in [0.717, 1.165) is 25.7 Å². The molecule has 0 aliphatic heterocycles. The quantitative estimate of drug-likeness (QED) is 0.383. The Bertz CT molecular complexity index is 450. The molecular formula is C21H30. The molecule has 0 N–H and O–H groups in total. The fraction of sp³-hybridized carbons (Fsp3) is 0.333. The molecule has 0 saturated carbocycles. The number of hydrogen-bond donors (Lipinski definition) is 0. The van der Waals surface area contributed by atoms with Crippen LogP contribution in [0.3, 0.4) is 0 Å². The number of rotatable bonds is 10. The molecule has 0 saturated heterocycles. The van der Waals surface area contributed by atoms with Crippen LogP contribution in [0.4, 0.5) is 0 Å². The summed E-state index contributed by atoms with van der Waals surface area (Å²) in [5.41, 5.74) is 4.25. The zero-order valence-electron chi connectivity index (χ0n) is 13.9. The van der Waals surface area contributed by atoms with Gasteiger partial charge in [-0.25, -0.2) is 0 Å². The van der Waals surface area contributed by atoms with Gasteiger partial charge in [0.15, 0.2) is 0 Å². The van der Waals surface area contributed by atoms with Gasteiger partial charge in [0, 0.05) is 0 Å². The Morgan fingerprint density at radius 3 is 2.33 bits per heavy atom. The van der Waals surface area contributed by atoms with Gasteiger partial charge in [0.2, 0.25) is 0 Å². The second-order valence-electron chi connectivity index (χ2n) is 5.13.